The maximum absolute atomic E-state index is 12.0. The largest absolute Gasteiger partial charge is 0.395 e. The molecule has 0 unspecified atom stereocenters. The molecule has 1 aromatic carbocycles. The first kappa shape index (κ1) is 18.3. The van der Waals surface area contributed by atoms with Crippen LogP contribution in [0.15, 0.2) is 59.6 Å². The number of pyridine rings is 1. The van der Waals surface area contributed by atoms with Gasteiger partial charge in [0.15, 0.2) is 0 Å². The van der Waals surface area contributed by atoms with E-state index in [9.17, 15) is 13.7 Å². The Morgan fingerprint density at radius 2 is 1.85 bits per heavy atom. The summed E-state index contributed by atoms with van der Waals surface area (Å²) in [4.78, 5) is 4.58. The molecule has 26 heavy (non-hydrogen) atoms. The number of hydrogen-bond donors (Lipinski definition) is 2. The molecule has 1 saturated carbocycles. The average molecular weight is 369 g/mol. The average Bonchev–Trinajstić information content (AvgIpc) is 2.64. The highest BCUT2D eigenvalue weighted by Crippen LogP contribution is 2.45. The molecule has 0 aliphatic heterocycles. The van der Waals surface area contributed by atoms with Gasteiger partial charge in [0.05, 0.1) is 23.3 Å². The highest BCUT2D eigenvalue weighted by Gasteiger charge is 2.42. The molecule has 2 aromatic rings. The number of hydrogen-bond acceptors (Lipinski definition) is 5. The van der Waals surface area contributed by atoms with Gasteiger partial charge in [0.2, 0.25) is 10.0 Å². The molecule has 1 aliphatic carbocycles. The minimum atomic E-state index is -3.62. The molecule has 0 spiro atoms. The van der Waals surface area contributed by atoms with Crippen LogP contribution in [0.25, 0.3) is 11.1 Å². The molecule has 0 radical (unpaired) electrons. The highest BCUT2D eigenvalue weighted by molar-refractivity contribution is 7.89. The molecule has 6 nitrogen and oxygen atoms in total. The van der Waals surface area contributed by atoms with Gasteiger partial charge < -0.3 is 5.11 Å². The van der Waals surface area contributed by atoms with E-state index in [0.29, 0.717) is 12.8 Å². The summed E-state index contributed by atoms with van der Waals surface area (Å²) in [5.74, 6) is 0. The van der Waals surface area contributed by atoms with Crippen LogP contribution >= 0.6 is 0 Å². The molecule has 1 aromatic heterocycles. The fraction of sp³-hybridized carbons (Fsp3) is 0.263. The van der Waals surface area contributed by atoms with Crippen molar-refractivity contribution in [1.82, 2.24) is 9.71 Å². The Bertz CT molecular complexity index is 951. The second kappa shape index (κ2) is 7.00. The Labute approximate surface area is 152 Å². The number of nitriles is 1. The second-order valence-electron chi connectivity index (χ2n) is 6.38. The van der Waals surface area contributed by atoms with E-state index < -0.39 is 15.4 Å². The van der Waals surface area contributed by atoms with Crippen molar-refractivity contribution in [3.63, 3.8) is 0 Å². The summed E-state index contributed by atoms with van der Waals surface area (Å²) in [6.45, 7) is 3.61. The third kappa shape index (κ3) is 3.40. The summed E-state index contributed by atoms with van der Waals surface area (Å²) >= 11 is 0. The highest BCUT2D eigenvalue weighted by atomic mass is 32.2. The topological polar surface area (TPSA) is 103 Å². The number of sulfonamides is 1. The summed E-state index contributed by atoms with van der Waals surface area (Å²) in [7, 11) is -3.62. The van der Waals surface area contributed by atoms with Crippen LogP contribution in [0.3, 0.4) is 0 Å². The van der Waals surface area contributed by atoms with E-state index in [1.165, 1.54) is 12.1 Å². The van der Waals surface area contributed by atoms with Crippen molar-refractivity contribution in [3.8, 4) is 17.2 Å². The molecule has 0 bridgehead atoms. The van der Waals surface area contributed by atoms with E-state index in [0.717, 1.165) is 22.4 Å². The monoisotopic (exact) mass is 369 g/mol. The van der Waals surface area contributed by atoms with Crippen molar-refractivity contribution in [2.45, 2.75) is 23.2 Å². The van der Waals surface area contributed by atoms with E-state index in [4.69, 9.17) is 5.11 Å². The maximum atomic E-state index is 12.0. The zero-order chi connectivity index (χ0) is 18.8. The lowest BCUT2D eigenvalue weighted by molar-refractivity contribution is 0.301. The first-order valence-corrected chi connectivity index (χ1v) is 9.64. The number of aromatic nitrogens is 1. The minimum absolute atomic E-state index is 0.0253. The van der Waals surface area contributed by atoms with Crippen molar-refractivity contribution in [2.24, 2.45) is 0 Å². The number of aliphatic hydroxyl groups excluding tert-OH is 1. The van der Waals surface area contributed by atoms with Crippen LogP contribution in [-0.2, 0) is 15.4 Å². The van der Waals surface area contributed by atoms with Crippen LogP contribution in [0, 0.1) is 11.3 Å². The van der Waals surface area contributed by atoms with Gasteiger partial charge in [0.1, 0.15) is 5.41 Å². The van der Waals surface area contributed by atoms with Crippen molar-refractivity contribution >= 4 is 10.0 Å². The predicted octanol–water partition coefficient (Wildman–Crippen LogP) is 2.13. The molecule has 0 amide bonds. The fourth-order valence-corrected chi connectivity index (χ4v) is 4.08. The smallest absolute Gasteiger partial charge is 0.240 e. The Balaban J connectivity index is 1.80. The Morgan fingerprint density at radius 3 is 2.35 bits per heavy atom. The third-order valence-corrected chi connectivity index (χ3v) is 5.95. The van der Waals surface area contributed by atoms with Crippen LogP contribution < -0.4 is 4.72 Å². The number of aliphatic hydroxyl groups is 1. The maximum Gasteiger partial charge on any atom is 0.240 e. The van der Waals surface area contributed by atoms with Gasteiger partial charge in [-0.2, -0.15) is 5.26 Å². The lowest BCUT2D eigenvalue weighted by Gasteiger charge is -2.36. The standard InChI is InChI=1S/C19H19N3O3S/c1-14-10-19(11-14,13-20)18-7-4-16(12-21-18)15-2-5-17(6-3-15)26(24,25)22-8-9-23/h2-7,12,22-23H,1,8-11H2. The zero-order valence-corrected chi connectivity index (χ0v) is 15.0. The number of benzene rings is 1. The van der Waals surface area contributed by atoms with Gasteiger partial charge in [0, 0.05) is 18.3 Å². The quantitative estimate of drug-likeness (QED) is 0.759. The second-order valence-corrected chi connectivity index (χ2v) is 8.14. The van der Waals surface area contributed by atoms with Crippen molar-refractivity contribution in [3.05, 3.63) is 60.4 Å². The van der Waals surface area contributed by atoms with Gasteiger partial charge in [0.25, 0.3) is 0 Å². The van der Waals surface area contributed by atoms with Crippen molar-refractivity contribution in [2.75, 3.05) is 13.2 Å². The van der Waals surface area contributed by atoms with E-state index in [2.05, 4.69) is 22.4 Å². The minimum Gasteiger partial charge on any atom is -0.395 e. The van der Waals surface area contributed by atoms with Crippen molar-refractivity contribution < 1.29 is 13.5 Å². The molecule has 7 heteroatoms. The SMILES string of the molecule is C=C1CC(C#N)(c2ccc(-c3ccc(S(=O)(=O)NCCO)cc3)cn2)C1. The number of nitrogens with one attached hydrogen (secondary N) is 1. The molecular weight excluding hydrogens is 350 g/mol. The summed E-state index contributed by atoms with van der Waals surface area (Å²) < 4.78 is 26.3. The zero-order valence-electron chi connectivity index (χ0n) is 14.1. The van der Waals surface area contributed by atoms with Crippen LogP contribution in [-0.4, -0.2) is 31.7 Å². The van der Waals surface area contributed by atoms with Gasteiger partial charge in [-0.3, -0.25) is 4.98 Å². The van der Waals surface area contributed by atoms with Gasteiger partial charge in [-0.05, 0) is 36.6 Å². The van der Waals surface area contributed by atoms with Crippen LogP contribution in [0.1, 0.15) is 18.5 Å². The molecule has 3 rings (SSSR count). The van der Waals surface area contributed by atoms with Gasteiger partial charge in [-0.1, -0.05) is 30.4 Å². The van der Waals surface area contributed by atoms with Crippen LogP contribution in [0.2, 0.25) is 0 Å². The van der Waals surface area contributed by atoms with Gasteiger partial charge >= 0.3 is 0 Å². The van der Waals surface area contributed by atoms with E-state index in [-0.39, 0.29) is 18.0 Å². The van der Waals surface area contributed by atoms with Crippen LogP contribution in [0.5, 0.6) is 0 Å². The third-order valence-electron chi connectivity index (χ3n) is 4.47. The number of nitrogens with zero attached hydrogens (tertiary/aromatic N) is 2. The lowest BCUT2D eigenvalue weighted by atomic mass is 9.65. The summed E-state index contributed by atoms with van der Waals surface area (Å²) in [6.07, 6.45) is 2.98. The summed E-state index contributed by atoms with van der Waals surface area (Å²) in [5.41, 5.74) is 2.90. The summed E-state index contributed by atoms with van der Waals surface area (Å²) in [5, 5.41) is 18.2. The molecule has 1 aliphatic rings. The molecule has 1 heterocycles. The van der Waals surface area contributed by atoms with E-state index >= 15 is 0 Å². The number of rotatable bonds is 6. The first-order chi connectivity index (χ1) is 12.4. The number of allylic oxidation sites excluding steroid dienone is 1. The molecule has 2 N–H and O–H groups in total. The molecule has 1 fully saturated rings. The molecule has 0 saturated heterocycles. The Hall–Kier alpha value is -2.53. The fourth-order valence-electron chi connectivity index (χ4n) is 3.06. The van der Waals surface area contributed by atoms with E-state index in [1.807, 2.05) is 12.1 Å². The lowest BCUT2D eigenvalue weighted by Crippen LogP contribution is -2.35. The molecule has 0 atom stereocenters. The van der Waals surface area contributed by atoms with Crippen LogP contribution in [0.4, 0.5) is 0 Å². The van der Waals surface area contributed by atoms with Gasteiger partial charge in [-0.15, -0.1) is 0 Å². The Morgan fingerprint density at radius 1 is 1.19 bits per heavy atom. The molecular formula is C19H19N3O3S. The first-order valence-electron chi connectivity index (χ1n) is 8.16. The Kier molecular flexibility index (Phi) is 4.92. The predicted molar refractivity (Wildman–Crippen MR) is 97.6 cm³/mol. The van der Waals surface area contributed by atoms with Gasteiger partial charge in [-0.25, -0.2) is 13.1 Å². The molecule has 134 valence electrons. The summed E-state index contributed by atoms with van der Waals surface area (Å²) in [6, 6.07) is 12.5. The van der Waals surface area contributed by atoms with Crippen molar-refractivity contribution in [1.29, 1.82) is 5.26 Å². The normalized spacial score (nSPS) is 15.9. The van der Waals surface area contributed by atoms with E-state index in [1.54, 1.807) is 18.3 Å².